The number of nitrogens with one attached hydrogen (secondary N) is 4. The number of carboxylic acids is 1. The van der Waals surface area contributed by atoms with Crippen molar-refractivity contribution in [2.75, 3.05) is 83.4 Å². The number of halogens is 2. The van der Waals surface area contributed by atoms with Gasteiger partial charge >= 0.3 is 42.9 Å². The van der Waals surface area contributed by atoms with E-state index in [9.17, 15) is 37.5 Å². The zero-order valence-corrected chi connectivity index (χ0v) is 44.6. The van der Waals surface area contributed by atoms with E-state index < -0.39 is 12.3 Å². The Morgan fingerprint density at radius 3 is 1.35 bits per heavy atom. The molecule has 6 amide bonds. The van der Waals surface area contributed by atoms with Crippen molar-refractivity contribution < 1.29 is 96.2 Å². The van der Waals surface area contributed by atoms with Gasteiger partial charge in [-0.25, -0.2) is 28.0 Å². The number of amides is 6. The molecule has 0 aromatic heterocycles. The van der Waals surface area contributed by atoms with Crippen LogP contribution in [-0.2, 0) is 41.8 Å². The van der Waals surface area contributed by atoms with Gasteiger partial charge in [-0.05, 0) is 148 Å². The number of nitrogens with zero attached hydrogens (tertiary/aromatic N) is 2. The Balaban J connectivity index is 0.000000457. The van der Waals surface area contributed by atoms with Gasteiger partial charge in [0.25, 0.3) is 0 Å². The summed E-state index contributed by atoms with van der Waals surface area (Å²) in [7, 11) is 1.00. The van der Waals surface area contributed by atoms with Crippen LogP contribution in [0, 0.1) is 23.5 Å². The van der Waals surface area contributed by atoms with Crippen molar-refractivity contribution in [3.63, 3.8) is 0 Å². The fourth-order valence-electron chi connectivity index (χ4n) is 8.03. The zero-order chi connectivity index (χ0) is 55.1. The van der Waals surface area contributed by atoms with Crippen LogP contribution in [0.15, 0.2) is 97.1 Å². The van der Waals surface area contributed by atoms with Gasteiger partial charge in [-0.3, -0.25) is 9.59 Å². The van der Waals surface area contributed by atoms with Gasteiger partial charge in [0.15, 0.2) is 6.29 Å². The summed E-state index contributed by atoms with van der Waals surface area (Å²) in [4.78, 5) is 75.0. The third kappa shape index (κ3) is 26.2. The molecule has 1 unspecified atom stereocenters. The molecule has 0 spiro atoms. The molecule has 0 bridgehead atoms. The van der Waals surface area contributed by atoms with Crippen LogP contribution in [0.2, 0.25) is 0 Å². The molecule has 3 heterocycles. The van der Waals surface area contributed by atoms with E-state index in [2.05, 4.69) is 21.3 Å². The molecule has 0 saturated carbocycles. The summed E-state index contributed by atoms with van der Waals surface area (Å²) in [5.41, 5.74) is 3.39. The van der Waals surface area contributed by atoms with Gasteiger partial charge in [0, 0.05) is 70.8 Å². The largest absolute Gasteiger partial charge is 1.00 e. The molecular formula is C55H73F2LiN6O14. The third-order valence-corrected chi connectivity index (χ3v) is 12.3. The number of aromatic carboxylic acids is 1. The van der Waals surface area contributed by atoms with Gasteiger partial charge in [-0.1, -0.05) is 24.3 Å². The number of aliphatic hydroxyl groups excluding tert-OH is 2. The van der Waals surface area contributed by atoms with E-state index in [0.717, 1.165) is 76.2 Å². The second kappa shape index (κ2) is 38.1. The van der Waals surface area contributed by atoms with Crippen LogP contribution in [0.4, 0.5) is 29.7 Å². The van der Waals surface area contributed by atoms with Gasteiger partial charge < -0.3 is 70.8 Å². The number of likely N-dealkylation sites (tertiary alicyclic amines) is 2. The summed E-state index contributed by atoms with van der Waals surface area (Å²) in [6.45, 7) is 6.85. The number of carbonyl (C=O) groups is 6. The van der Waals surface area contributed by atoms with Crippen LogP contribution < -0.4 is 40.1 Å². The molecule has 4 aromatic rings. The van der Waals surface area contributed by atoms with Crippen molar-refractivity contribution in [2.24, 2.45) is 11.8 Å². The van der Waals surface area contributed by atoms with E-state index in [1.54, 1.807) is 77.4 Å². The predicted molar refractivity (Wildman–Crippen MR) is 281 cm³/mol. The number of carbonyl (C=O) groups excluding carboxylic acids is 5. The van der Waals surface area contributed by atoms with Crippen molar-refractivity contribution in [1.82, 2.24) is 20.4 Å². The standard InChI is InChI=1S/C26H32FN3O5.C24H28FN3O5.C4H8O2.CH4O.Li.H2O/c1-2-35-25(32)21-5-9-23(10-6-21)29-26(33)30-15-12-19(13-16-30)11-14-28-24(31)18-34-17-20-3-7-22(27)8-4-20;25-20-5-1-18(2-6-20)15-33-16-22(29)26-12-9-17-10-13-28(14-11-17)24(32)27-21-7-3-19(4-8-21)23(30)31;5-4-2-1-3-6-4;1-2;;/h3-10,19H,2,11-18H2,1H3,(H,28,31)(H,29,33);1-8,17H,9-16H2,(H,26,29)(H,27,32)(H,30,31);4-5H,1-3H2;2H,1H3;;1H2/q;;;;+1;/p-1. The maximum absolute atomic E-state index is 12.9. The quantitative estimate of drug-likeness (QED) is 0.0516. The van der Waals surface area contributed by atoms with E-state index in [1.807, 2.05) is 0 Å². The minimum atomic E-state index is -1.01. The fraction of sp³-hybridized carbons (Fsp3) is 0.455. The summed E-state index contributed by atoms with van der Waals surface area (Å²) in [5.74, 6) is -1.53. The first-order valence-electron chi connectivity index (χ1n) is 25.4. The molecule has 3 fully saturated rings. The molecular weight excluding hydrogens is 1010 g/mol. The molecule has 8 N–H and O–H groups in total. The number of carboxylic acid groups (broad SMARTS) is 1. The number of piperidine rings is 2. The number of esters is 1. The Morgan fingerprint density at radius 1 is 0.615 bits per heavy atom. The van der Waals surface area contributed by atoms with E-state index in [-0.39, 0.29) is 97.8 Å². The maximum Gasteiger partial charge on any atom is 1.00 e. The van der Waals surface area contributed by atoms with Gasteiger partial charge in [0.1, 0.15) is 24.8 Å². The maximum atomic E-state index is 12.9. The van der Waals surface area contributed by atoms with Gasteiger partial charge in [0.2, 0.25) is 11.8 Å². The molecule has 3 aliphatic heterocycles. The Morgan fingerprint density at radius 2 is 1.01 bits per heavy atom. The molecule has 3 saturated heterocycles. The molecule has 3 aliphatic rings. The van der Waals surface area contributed by atoms with E-state index >= 15 is 0 Å². The SMILES string of the molecule is CCOC(=O)c1ccc(NC(=O)N2CCC(CCNC(=O)COCc3ccc(F)cc3)CC2)cc1.CO.O=C(COCc1ccc(F)cc1)NCCC1CCN(C(=O)Nc2ccc(C(=O)O)cc2)CC1.OC1CCCO1.[Li+].[OH-]. The van der Waals surface area contributed by atoms with Crippen molar-refractivity contribution in [2.45, 2.75) is 77.8 Å². The first kappa shape index (κ1) is 67.6. The molecule has 7 rings (SSSR count). The van der Waals surface area contributed by atoms with Crippen molar-refractivity contribution in [3.05, 3.63) is 131 Å². The summed E-state index contributed by atoms with van der Waals surface area (Å²) in [6.07, 6.45) is 6.49. The molecule has 78 heavy (non-hydrogen) atoms. The van der Waals surface area contributed by atoms with Gasteiger partial charge in [-0.15, -0.1) is 0 Å². The first-order valence-corrected chi connectivity index (χ1v) is 25.4. The van der Waals surface area contributed by atoms with Crippen LogP contribution in [0.25, 0.3) is 0 Å². The van der Waals surface area contributed by atoms with Crippen LogP contribution in [0.1, 0.15) is 90.1 Å². The summed E-state index contributed by atoms with van der Waals surface area (Å²) in [5, 5.41) is 35.8. The van der Waals surface area contributed by atoms with Gasteiger partial charge in [0.05, 0.1) is 30.9 Å². The van der Waals surface area contributed by atoms with Crippen LogP contribution in [-0.4, -0.2) is 146 Å². The minimum Gasteiger partial charge on any atom is -0.870 e. The Labute approximate surface area is 466 Å². The molecule has 1 atom stereocenters. The minimum absolute atomic E-state index is 0. The molecule has 0 radical (unpaired) electrons. The number of hydrogen-bond donors (Lipinski definition) is 7. The topological polar surface area (TPSA) is 285 Å². The number of ether oxygens (including phenoxy) is 4. The van der Waals surface area contributed by atoms with Crippen molar-refractivity contribution in [3.8, 4) is 0 Å². The third-order valence-electron chi connectivity index (χ3n) is 12.3. The Bertz CT molecular complexity index is 2370. The molecule has 23 heteroatoms. The summed E-state index contributed by atoms with van der Waals surface area (Å²) < 4.78 is 46.2. The number of rotatable bonds is 19. The first-order chi connectivity index (χ1) is 36.7. The van der Waals surface area contributed by atoms with Gasteiger partial charge in [-0.2, -0.15) is 0 Å². The van der Waals surface area contributed by atoms with Crippen LogP contribution in [0.3, 0.4) is 0 Å². The average Bonchev–Trinajstić information content (AvgIpc) is 3.92. The van der Waals surface area contributed by atoms with E-state index in [0.29, 0.717) is 74.6 Å². The average molecular weight is 1090 g/mol. The molecule has 422 valence electrons. The monoisotopic (exact) mass is 1090 g/mol. The zero-order valence-electron chi connectivity index (χ0n) is 44.6. The summed E-state index contributed by atoms with van der Waals surface area (Å²) in [6, 6.07) is 24.2. The van der Waals surface area contributed by atoms with E-state index in [4.69, 9.17) is 34.3 Å². The number of urea groups is 2. The van der Waals surface area contributed by atoms with Crippen molar-refractivity contribution in [1.29, 1.82) is 0 Å². The summed E-state index contributed by atoms with van der Waals surface area (Å²) >= 11 is 0. The second-order valence-corrected chi connectivity index (χ2v) is 17.9. The number of aliphatic hydroxyl groups is 2. The smallest absolute Gasteiger partial charge is 0.870 e. The Hall–Kier alpha value is -6.48. The van der Waals surface area contributed by atoms with Crippen LogP contribution >= 0.6 is 0 Å². The second-order valence-electron chi connectivity index (χ2n) is 17.9. The fourth-order valence-corrected chi connectivity index (χ4v) is 8.03. The molecule has 0 aliphatic carbocycles. The normalized spacial score (nSPS) is 14.9. The Kier molecular flexibility index (Phi) is 33.1. The molecule has 4 aromatic carbocycles. The predicted octanol–water partition coefficient (Wildman–Crippen LogP) is 4.01. The molecule has 20 nitrogen and oxygen atoms in total. The van der Waals surface area contributed by atoms with Crippen molar-refractivity contribution >= 4 is 47.2 Å². The number of hydrogen-bond acceptors (Lipinski definition) is 13. The number of benzene rings is 4. The number of anilines is 2. The van der Waals surface area contributed by atoms with E-state index in [1.165, 1.54) is 36.4 Å². The van der Waals surface area contributed by atoms with Crippen LogP contribution in [0.5, 0.6) is 0 Å².